The Balaban J connectivity index is 0.00000144. The van der Waals surface area contributed by atoms with E-state index < -0.39 is 0 Å². The summed E-state index contributed by atoms with van der Waals surface area (Å²) in [7, 11) is 3.75. The first-order chi connectivity index (χ1) is 7.81. The first-order valence-electron chi connectivity index (χ1n) is 5.63. The van der Waals surface area contributed by atoms with Gasteiger partial charge >= 0.3 is 0 Å². The van der Waals surface area contributed by atoms with Crippen LogP contribution >= 0.6 is 24.8 Å². The summed E-state index contributed by atoms with van der Waals surface area (Å²) in [6.07, 6.45) is 4.17. The SMILES string of the molecule is COc1ncccc1OC[C@@H]1CCCN1C.Cl.Cl. The van der Waals surface area contributed by atoms with Crippen LogP contribution in [-0.4, -0.2) is 43.2 Å². The summed E-state index contributed by atoms with van der Waals surface area (Å²) < 4.78 is 10.9. The molecule has 0 radical (unpaired) electrons. The van der Waals surface area contributed by atoms with Crippen LogP contribution in [0.3, 0.4) is 0 Å². The van der Waals surface area contributed by atoms with E-state index >= 15 is 0 Å². The van der Waals surface area contributed by atoms with E-state index in [1.165, 1.54) is 12.8 Å². The quantitative estimate of drug-likeness (QED) is 0.854. The van der Waals surface area contributed by atoms with Gasteiger partial charge in [0.05, 0.1) is 7.11 Å². The maximum Gasteiger partial charge on any atom is 0.256 e. The normalized spacial score (nSPS) is 18.7. The number of likely N-dealkylation sites (N-methyl/N-ethyl adjacent to an activating group) is 1. The lowest BCUT2D eigenvalue weighted by molar-refractivity contribution is 0.192. The minimum absolute atomic E-state index is 0. The van der Waals surface area contributed by atoms with Gasteiger partial charge in [-0.3, -0.25) is 0 Å². The van der Waals surface area contributed by atoms with Gasteiger partial charge in [0, 0.05) is 12.2 Å². The molecule has 0 saturated carbocycles. The molecule has 1 aliphatic rings. The second-order valence-electron chi connectivity index (χ2n) is 4.10. The van der Waals surface area contributed by atoms with E-state index in [0.717, 1.165) is 12.3 Å². The summed E-state index contributed by atoms with van der Waals surface area (Å²) >= 11 is 0. The molecule has 1 fully saturated rings. The van der Waals surface area contributed by atoms with Crippen molar-refractivity contribution in [2.24, 2.45) is 0 Å². The largest absolute Gasteiger partial charge is 0.486 e. The Kier molecular flexibility index (Phi) is 8.07. The van der Waals surface area contributed by atoms with E-state index in [2.05, 4.69) is 16.9 Å². The molecule has 0 amide bonds. The molecule has 2 heterocycles. The van der Waals surface area contributed by atoms with E-state index in [1.807, 2.05) is 12.1 Å². The third-order valence-corrected chi connectivity index (χ3v) is 3.03. The monoisotopic (exact) mass is 294 g/mol. The average Bonchev–Trinajstić information content (AvgIpc) is 2.72. The van der Waals surface area contributed by atoms with Crippen LogP contribution in [0.1, 0.15) is 12.8 Å². The van der Waals surface area contributed by atoms with Gasteiger partial charge in [0.25, 0.3) is 5.88 Å². The summed E-state index contributed by atoms with van der Waals surface area (Å²) in [6, 6.07) is 4.27. The lowest BCUT2D eigenvalue weighted by atomic mass is 10.2. The molecular weight excluding hydrogens is 275 g/mol. The Morgan fingerprint density at radius 3 is 2.83 bits per heavy atom. The minimum Gasteiger partial charge on any atom is -0.486 e. The van der Waals surface area contributed by atoms with Gasteiger partial charge in [0.1, 0.15) is 6.61 Å². The average molecular weight is 295 g/mol. The van der Waals surface area contributed by atoms with Gasteiger partial charge in [-0.25, -0.2) is 4.98 Å². The van der Waals surface area contributed by atoms with E-state index in [9.17, 15) is 0 Å². The van der Waals surface area contributed by atoms with Crippen LogP contribution in [0.25, 0.3) is 0 Å². The van der Waals surface area contributed by atoms with Crippen LogP contribution in [0.5, 0.6) is 11.6 Å². The third-order valence-electron chi connectivity index (χ3n) is 3.03. The molecule has 0 N–H and O–H groups in total. The van der Waals surface area contributed by atoms with Crippen molar-refractivity contribution in [3.05, 3.63) is 18.3 Å². The van der Waals surface area contributed by atoms with Crippen molar-refractivity contribution in [2.45, 2.75) is 18.9 Å². The number of rotatable bonds is 4. The number of aromatic nitrogens is 1. The fraction of sp³-hybridized carbons (Fsp3) is 0.583. The molecule has 1 aromatic rings. The van der Waals surface area contributed by atoms with Gasteiger partial charge in [-0.05, 0) is 38.6 Å². The molecule has 1 aliphatic heterocycles. The number of likely N-dealkylation sites (tertiary alicyclic amines) is 1. The minimum atomic E-state index is 0. The third kappa shape index (κ3) is 4.19. The van der Waals surface area contributed by atoms with Crippen LogP contribution in [-0.2, 0) is 0 Å². The molecular formula is C12H20Cl2N2O2. The van der Waals surface area contributed by atoms with Gasteiger partial charge in [-0.15, -0.1) is 24.8 Å². The smallest absolute Gasteiger partial charge is 0.256 e. The molecule has 1 aromatic heterocycles. The van der Waals surface area contributed by atoms with Crippen LogP contribution < -0.4 is 9.47 Å². The highest BCUT2D eigenvalue weighted by Crippen LogP contribution is 2.24. The molecule has 0 spiro atoms. The Morgan fingerprint density at radius 1 is 1.44 bits per heavy atom. The molecule has 6 heteroatoms. The van der Waals surface area contributed by atoms with Crippen molar-refractivity contribution in [3.8, 4) is 11.6 Å². The molecule has 0 aliphatic carbocycles. The van der Waals surface area contributed by atoms with Gasteiger partial charge in [-0.2, -0.15) is 0 Å². The highest BCUT2D eigenvalue weighted by atomic mass is 35.5. The van der Waals surface area contributed by atoms with Crippen molar-refractivity contribution < 1.29 is 9.47 Å². The number of hydrogen-bond acceptors (Lipinski definition) is 4. The molecule has 0 aromatic carbocycles. The zero-order valence-corrected chi connectivity index (χ0v) is 12.3. The standard InChI is InChI=1S/C12H18N2O2.2ClH/c1-14-8-4-5-10(14)9-16-11-6-3-7-13-12(11)15-2;;/h3,6-7,10H,4-5,8-9H2,1-2H3;2*1H/t10-;;/m0../s1. The lowest BCUT2D eigenvalue weighted by Gasteiger charge is -2.20. The Morgan fingerprint density at radius 2 is 2.22 bits per heavy atom. The summed E-state index contributed by atoms with van der Waals surface area (Å²) in [5.74, 6) is 1.29. The molecule has 0 bridgehead atoms. The molecule has 1 atom stereocenters. The van der Waals surface area contributed by atoms with Crippen molar-refractivity contribution in [2.75, 3.05) is 27.3 Å². The number of hydrogen-bond donors (Lipinski definition) is 0. The Hall–Kier alpha value is -0.710. The van der Waals surface area contributed by atoms with Crippen LogP contribution in [0, 0.1) is 0 Å². The zero-order valence-electron chi connectivity index (χ0n) is 10.7. The molecule has 104 valence electrons. The fourth-order valence-corrected chi connectivity index (χ4v) is 2.02. The first kappa shape index (κ1) is 17.3. The second-order valence-corrected chi connectivity index (χ2v) is 4.10. The number of ether oxygens (including phenoxy) is 2. The fourth-order valence-electron chi connectivity index (χ4n) is 2.02. The predicted molar refractivity (Wildman–Crippen MR) is 76.4 cm³/mol. The van der Waals surface area contributed by atoms with Gasteiger partial charge < -0.3 is 14.4 Å². The summed E-state index contributed by atoms with van der Waals surface area (Å²) in [4.78, 5) is 6.44. The van der Waals surface area contributed by atoms with Gasteiger partial charge in [0.15, 0.2) is 5.75 Å². The van der Waals surface area contributed by atoms with Crippen LogP contribution in [0.4, 0.5) is 0 Å². The number of pyridine rings is 1. The Labute approximate surface area is 120 Å². The molecule has 0 unspecified atom stereocenters. The molecule has 4 nitrogen and oxygen atoms in total. The maximum atomic E-state index is 5.75. The highest BCUT2D eigenvalue weighted by Gasteiger charge is 2.21. The highest BCUT2D eigenvalue weighted by molar-refractivity contribution is 5.85. The molecule has 18 heavy (non-hydrogen) atoms. The van der Waals surface area contributed by atoms with E-state index in [1.54, 1.807) is 13.3 Å². The van der Waals surface area contributed by atoms with E-state index in [0.29, 0.717) is 18.5 Å². The molecule has 1 saturated heterocycles. The predicted octanol–water partition coefficient (Wildman–Crippen LogP) is 2.41. The summed E-state index contributed by atoms with van der Waals surface area (Å²) in [5.41, 5.74) is 0. The van der Waals surface area contributed by atoms with Crippen LogP contribution in [0.2, 0.25) is 0 Å². The number of methoxy groups -OCH3 is 1. The topological polar surface area (TPSA) is 34.6 Å². The number of nitrogens with zero attached hydrogens (tertiary/aromatic N) is 2. The summed E-state index contributed by atoms with van der Waals surface area (Å²) in [6.45, 7) is 1.87. The van der Waals surface area contributed by atoms with Crippen molar-refractivity contribution in [1.82, 2.24) is 9.88 Å². The van der Waals surface area contributed by atoms with Crippen molar-refractivity contribution in [1.29, 1.82) is 0 Å². The van der Waals surface area contributed by atoms with Crippen molar-refractivity contribution >= 4 is 24.8 Å². The van der Waals surface area contributed by atoms with Crippen molar-refractivity contribution in [3.63, 3.8) is 0 Å². The van der Waals surface area contributed by atoms with Crippen LogP contribution in [0.15, 0.2) is 18.3 Å². The van der Waals surface area contributed by atoms with Gasteiger partial charge in [-0.1, -0.05) is 0 Å². The maximum absolute atomic E-state index is 5.75. The number of halogens is 2. The Bertz CT molecular complexity index is 353. The first-order valence-corrected chi connectivity index (χ1v) is 5.63. The summed E-state index contributed by atoms with van der Waals surface area (Å²) in [5, 5.41) is 0. The lowest BCUT2D eigenvalue weighted by Crippen LogP contribution is -2.30. The zero-order chi connectivity index (χ0) is 11.4. The second kappa shape index (κ2) is 8.40. The van der Waals surface area contributed by atoms with E-state index in [-0.39, 0.29) is 24.8 Å². The van der Waals surface area contributed by atoms with E-state index in [4.69, 9.17) is 9.47 Å². The van der Waals surface area contributed by atoms with Gasteiger partial charge in [0.2, 0.25) is 0 Å². The molecule has 2 rings (SSSR count).